The van der Waals surface area contributed by atoms with E-state index in [9.17, 15) is 9.59 Å². The predicted octanol–water partition coefficient (Wildman–Crippen LogP) is 2.58. The van der Waals surface area contributed by atoms with Crippen molar-refractivity contribution in [1.82, 2.24) is 0 Å². The van der Waals surface area contributed by atoms with Crippen LogP contribution >= 0.6 is 0 Å². The van der Waals surface area contributed by atoms with Crippen molar-refractivity contribution in [2.45, 2.75) is 25.7 Å². The Hall–Kier alpha value is -2.04. The summed E-state index contributed by atoms with van der Waals surface area (Å²) in [7, 11) is 3.89. The summed E-state index contributed by atoms with van der Waals surface area (Å²) in [5.74, 6) is -1.45. The number of carboxylic acids is 1. The minimum Gasteiger partial charge on any atom is -0.481 e. The van der Waals surface area contributed by atoms with Crippen molar-refractivity contribution in [3.8, 4) is 0 Å². The molecule has 0 aromatic heterocycles. The van der Waals surface area contributed by atoms with Crippen LogP contribution in [-0.4, -0.2) is 31.1 Å². The number of benzene rings is 1. The molecule has 1 fully saturated rings. The number of hydrogen-bond donors (Lipinski definition) is 2. The number of rotatable bonds is 4. The molecule has 0 aliphatic heterocycles. The highest BCUT2D eigenvalue weighted by Crippen LogP contribution is 2.30. The Morgan fingerprint density at radius 3 is 2.62 bits per heavy atom. The number of anilines is 2. The lowest BCUT2D eigenvalue weighted by Gasteiger charge is -2.25. The van der Waals surface area contributed by atoms with Crippen LogP contribution in [0.25, 0.3) is 0 Å². The van der Waals surface area contributed by atoms with Crippen molar-refractivity contribution < 1.29 is 14.7 Å². The first kappa shape index (κ1) is 15.4. The van der Waals surface area contributed by atoms with Crippen molar-refractivity contribution in [2.75, 3.05) is 24.3 Å². The number of carboxylic acid groups (broad SMARTS) is 1. The minimum absolute atomic E-state index is 0.0724. The fourth-order valence-corrected chi connectivity index (χ4v) is 2.76. The lowest BCUT2D eigenvalue weighted by molar-refractivity contribution is -0.143. The summed E-state index contributed by atoms with van der Waals surface area (Å²) in [5, 5.41) is 12.0. The molecular formula is C16H22N2O3. The smallest absolute Gasteiger partial charge is 0.306 e. The minimum atomic E-state index is -0.790. The van der Waals surface area contributed by atoms with Crippen LogP contribution in [-0.2, 0) is 9.59 Å². The van der Waals surface area contributed by atoms with Gasteiger partial charge in [0.2, 0.25) is 5.91 Å². The van der Waals surface area contributed by atoms with Crippen molar-refractivity contribution in [2.24, 2.45) is 11.8 Å². The van der Waals surface area contributed by atoms with Gasteiger partial charge in [-0.3, -0.25) is 9.59 Å². The molecule has 5 nitrogen and oxygen atoms in total. The Kier molecular flexibility index (Phi) is 4.83. The summed E-state index contributed by atoms with van der Waals surface area (Å²) in [6, 6.07) is 7.63. The second-order valence-electron chi connectivity index (χ2n) is 5.83. The van der Waals surface area contributed by atoms with Gasteiger partial charge in [-0.2, -0.15) is 0 Å². The standard InChI is InChI=1S/C16H22N2O3/c1-18(2)14-8-4-7-13(10-14)17-15(19)11-5-3-6-12(9-11)16(20)21/h4,7-8,10-12H,3,5-6,9H2,1-2H3,(H,17,19)(H,20,21). The van der Waals surface area contributed by atoms with E-state index < -0.39 is 5.97 Å². The molecule has 1 saturated carbocycles. The lowest BCUT2D eigenvalue weighted by Crippen LogP contribution is -2.30. The van der Waals surface area contributed by atoms with Gasteiger partial charge in [-0.05, 0) is 37.5 Å². The maximum atomic E-state index is 12.3. The summed E-state index contributed by atoms with van der Waals surface area (Å²) in [4.78, 5) is 25.3. The lowest BCUT2D eigenvalue weighted by atomic mass is 9.81. The SMILES string of the molecule is CN(C)c1cccc(NC(=O)C2CCCC(C(=O)O)C2)c1. The average molecular weight is 290 g/mol. The molecule has 5 heteroatoms. The highest BCUT2D eigenvalue weighted by molar-refractivity contribution is 5.93. The summed E-state index contributed by atoms with van der Waals surface area (Å²) in [6.07, 6.45) is 2.68. The molecule has 0 heterocycles. The van der Waals surface area contributed by atoms with Crippen LogP contribution in [0.2, 0.25) is 0 Å². The molecule has 0 bridgehead atoms. The van der Waals surface area contributed by atoms with Crippen molar-refractivity contribution in [3.63, 3.8) is 0 Å². The second-order valence-corrected chi connectivity index (χ2v) is 5.83. The van der Waals surface area contributed by atoms with Crippen LogP contribution in [0.3, 0.4) is 0 Å². The van der Waals surface area contributed by atoms with E-state index in [2.05, 4.69) is 5.32 Å². The summed E-state index contributed by atoms with van der Waals surface area (Å²) >= 11 is 0. The molecule has 2 rings (SSSR count). The summed E-state index contributed by atoms with van der Waals surface area (Å²) in [6.45, 7) is 0. The van der Waals surface area contributed by atoms with E-state index in [1.807, 2.05) is 43.3 Å². The van der Waals surface area contributed by atoms with E-state index in [0.29, 0.717) is 12.8 Å². The van der Waals surface area contributed by atoms with Gasteiger partial charge < -0.3 is 15.3 Å². The molecular weight excluding hydrogens is 268 g/mol. The fourth-order valence-electron chi connectivity index (χ4n) is 2.76. The molecule has 21 heavy (non-hydrogen) atoms. The third-order valence-corrected chi connectivity index (χ3v) is 4.02. The van der Waals surface area contributed by atoms with E-state index in [-0.39, 0.29) is 17.7 Å². The number of hydrogen-bond acceptors (Lipinski definition) is 3. The predicted molar refractivity (Wildman–Crippen MR) is 82.5 cm³/mol. The number of carbonyl (C=O) groups excluding carboxylic acids is 1. The number of nitrogens with one attached hydrogen (secondary N) is 1. The van der Waals surface area contributed by atoms with Crippen molar-refractivity contribution >= 4 is 23.3 Å². The Labute approximate surface area is 125 Å². The third-order valence-electron chi connectivity index (χ3n) is 4.02. The van der Waals surface area contributed by atoms with Crippen LogP contribution in [0.15, 0.2) is 24.3 Å². The zero-order valence-corrected chi connectivity index (χ0v) is 12.5. The zero-order valence-electron chi connectivity index (χ0n) is 12.5. The highest BCUT2D eigenvalue weighted by Gasteiger charge is 2.31. The van der Waals surface area contributed by atoms with Gasteiger partial charge in [0.05, 0.1) is 5.92 Å². The number of aliphatic carboxylic acids is 1. The van der Waals surface area contributed by atoms with Gasteiger partial charge in [-0.1, -0.05) is 12.5 Å². The van der Waals surface area contributed by atoms with Gasteiger partial charge in [-0.15, -0.1) is 0 Å². The molecule has 2 N–H and O–H groups in total. The highest BCUT2D eigenvalue weighted by atomic mass is 16.4. The maximum absolute atomic E-state index is 12.3. The number of carbonyl (C=O) groups is 2. The van der Waals surface area contributed by atoms with Gasteiger partial charge in [0.15, 0.2) is 0 Å². The molecule has 1 aliphatic carbocycles. The first-order valence-corrected chi connectivity index (χ1v) is 7.28. The van der Waals surface area contributed by atoms with E-state index in [4.69, 9.17) is 5.11 Å². The van der Waals surface area contributed by atoms with E-state index in [1.54, 1.807) is 0 Å². The Balaban J connectivity index is 2.01. The molecule has 1 amide bonds. The molecule has 1 aliphatic rings. The molecule has 2 unspecified atom stereocenters. The van der Waals surface area contributed by atoms with Crippen LogP contribution < -0.4 is 10.2 Å². The molecule has 0 spiro atoms. The second kappa shape index (κ2) is 6.61. The Morgan fingerprint density at radius 1 is 1.24 bits per heavy atom. The maximum Gasteiger partial charge on any atom is 0.306 e. The number of nitrogens with zero attached hydrogens (tertiary/aromatic N) is 1. The summed E-state index contributed by atoms with van der Waals surface area (Å²) in [5.41, 5.74) is 1.77. The molecule has 1 aromatic carbocycles. The van der Waals surface area contributed by atoms with Gasteiger partial charge in [-0.25, -0.2) is 0 Å². The third kappa shape index (κ3) is 3.97. The van der Waals surface area contributed by atoms with E-state index in [1.165, 1.54) is 0 Å². The van der Waals surface area contributed by atoms with Crippen LogP contribution in [0, 0.1) is 11.8 Å². The zero-order chi connectivity index (χ0) is 15.4. The van der Waals surface area contributed by atoms with Crippen molar-refractivity contribution in [1.29, 1.82) is 0 Å². The van der Waals surface area contributed by atoms with Crippen LogP contribution in [0.4, 0.5) is 11.4 Å². The molecule has 0 saturated heterocycles. The van der Waals surface area contributed by atoms with E-state index >= 15 is 0 Å². The van der Waals surface area contributed by atoms with Crippen LogP contribution in [0.5, 0.6) is 0 Å². The van der Waals surface area contributed by atoms with E-state index in [0.717, 1.165) is 24.2 Å². The molecule has 1 aromatic rings. The Morgan fingerprint density at radius 2 is 1.95 bits per heavy atom. The monoisotopic (exact) mass is 290 g/mol. The average Bonchev–Trinajstić information content (AvgIpc) is 2.47. The van der Waals surface area contributed by atoms with Gasteiger partial charge in [0.1, 0.15) is 0 Å². The number of amides is 1. The van der Waals surface area contributed by atoms with Crippen LogP contribution in [0.1, 0.15) is 25.7 Å². The van der Waals surface area contributed by atoms with Gasteiger partial charge in [0, 0.05) is 31.4 Å². The molecule has 114 valence electrons. The van der Waals surface area contributed by atoms with Gasteiger partial charge in [0.25, 0.3) is 0 Å². The Bertz CT molecular complexity index is 528. The van der Waals surface area contributed by atoms with Crippen molar-refractivity contribution in [3.05, 3.63) is 24.3 Å². The normalized spacial score (nSPS) is 21.6. The topological polar surface area (TPSA) is 69.6 Å². The fraction of sp³-hybridized carbons (Fsp3) is 0.500. The molecule has 0 radical (unpaired) electrons. The quantitative estimate of drug-likeness (QED) is 0.894. The summed E-state index contributed by atoms with van der Waals surface area (Å²) < 4.78 is 0. The first-order valence-electron chi connectivity index (χ1n) is 7.28. The first-order chi connectivity index (χ1) is 9.97. The molecule has 2 atom stereocenters. The van der Waals surface area contributed by atoms with Gasteiger partial charge >= 0.3 is 5.97 Å². The largest absolute Gasteiger partial charge is 0.481 e.